The third-order valence-electron chi connectivity index (χ3n) is 4.56. The van der Waals surface area contributed by atoms with Gasteiger partial charge in [-0.2, -0.15) is 0 Å². The van der Waals surface area contributed by atoms with Gasteiger partial charge in [0.2, 0.25) is 0 Å². The van der Waals surface area contributed by atoms with Crippen molar-refractivity contribution >= 4 is 17.6 Å². The predicted molar refractivity (Wildman–Crippen MR) is 96.1 cm³/mol. The molecule has 1 aliphatic heterocycles. The minimum absolute atomic E-state index is 0.186. The fourth-order valence-corrected chi connectivity index (χ4v) is 3.28. The van der Waals surface area contributed by atoms with E-state index in [-0.39, 0.29) is 6.03 Å². The maximum atomic E-state index is 12.3. The molecule has 1 fully saturated rings. The zero-order valence-corrected chi connectivity index (χ0v) is 15.1. The first-order valence-electron chi connectivity index (χ1n) is 8.65. The lowest BCUT2D eigenvalue weighted by atomic mass is 10.1. The number of amides is 2. The molecule has 5 heteroatoms. The first-order valence-corrected chi connectivity index (χ1v) is 9.03. The van der Waals surface area contributed by atoms with Crippen molar-refractivity contribution in [2.75, 3.05) is 45.8 Å². The minimum Gasteiger partial charge on any atom is -0.325 e. The van der Waals surface area contributed by atoms with E-state index in [0.717, 1.165) is 63.7 Å². The molecule has 0 saturated carbocycles. The zero-order valence-electron chi connectivity index (χ0n) is 14.3. The molecule has 1 aliphatic rings. The van der Waals surface area contributed by atoms with E-state index in [2.05, 4.69) is 11.0 Å². The lowest BCUT2D eigenvalue weighted by molar-refractivity contribution is 0.115. The van der Waals surface area contributed by atoms with Crippen molar-refractivity contribution < 1.29 is 4.79 Å². The molecule has 0 N–H and O–H groups in total. The van der Waals surface area contributed by atoms with Gasteiger partial charge in [0.05, 0.1) is 0 Å². The van der Waals surface area contributed by atoms with E-state index >= 15 is 0 Å². The van der Waals surface area contributed by atoms with Crippen LogP contribution in [0.15, 0.2) is 24.3 Å². The first-order chi connectivity index (χ1) is 11.2. The number of piperazine rings is 1. The number of benzene rings is 1. The number of halogens is 1. The normalized spacial score (nSPS) is 15.7. The molecule has 4 nitrogen and oxygen atoms in total. The fourth-order valence-electron chi connectivity index (χ4n) is 3.05. The molecule has 0 spiro atoms. The second kappa shape index (κ2) is 9.14. The highest BCUT2D eigenvalue weighted by molar-refractivity contribution is 6.31. The van der Waals surface area contributed by atoms with Gasteiger partial charge in [0.25, 0.3) is 0 Å². The molecule has 2 amide bonds. The number of carbonyl (C=O) groups excluding carboxylic acids is 1. The number of hydrogen-bond acceptors (Lipinski definition) is 2. The summed E-state index contributed by atoms with van der Waals surface area (Å²) in [4.78, 5) is 18.6. The van der Waals surface area contributed by atoms with Gasteiger partial charge >= 0.3 is 6.03 Å². The van der Waals surface area contributed by atoms with Gasteiger partial charge in [0, 0.05) is 44.3 Å². The largest absolute Gasteiger partial charge is 0.325 e. The molecule has 0 aromatic heterocycles. The van der Waals surface area contributed by atoms with Crippen molar-refractivity contribution in [2.24, 2.45) is 0 Å². The van der Waals surface area contributed by atoms with Gasteiger partial charge in [-0.15, -0.1) is 0 Å². The highest BCUT2D eigenvalue weighted by Crippen LogP contribution is 2.17. The molecule has 23 heavy (non-hydrogen) atoms. The van der Waals surface area contributed by atoms with E-state index < -0.39 is 0 Å². The minimum atomic E-state index is 0.186. The van der Waals surface area contributed by atoms with Gasteiger partial charge < -0.3 is 9.80 Å². The monoisotopic (exact) mass is 337 g/mol. The van der Waals surface area contributed by atoms with Crippen LogP contribution < -0.4 is 0 Å². The van der Waals surface area contributed by atoms with Crippen molar-refractivity contribution in [2.45, 2.75) is 26.7 Å². The van der Waals surface area contributed by atoms with Gasteiger partial charge in [0.1, 0.15) is 0 Å². The SMILES string of the molecule is CCN(CC)C(=O)N1CCN(CCCc2ccccc2Cl)CC1. The Kier molecular flexibility index (Phi) is 7.18. The number of rotatable bonds is 6. The Labute approximate surface area is 145 Å². The summed E-state index contributed by atoms with van der Waals surface area (Å²) in [6.45, 7) is 10.3. The van der Waals surface area contributed by atoms with E-state index in [9.17, 15) is 4.79 Å². The second-order valence-electron chi connectivity index (χ2n) is 5.98. The van der Waals surface area contributed by atoms with Crippen LogP contribution in [-0.4, -0.2) is 66.5 Å². The van der Waals surface area contributed by atoms with Crippen LogP contribution in [0.1, 0.15) is 25.8 Å². The molecule has 0 aliphatic carbocycles. The Morgan fingerprint density at radius 1 is 1.13 bits per heavy atom. The number of hydrogen-bond donors (Lipinski definition) is 0. The molecule has 1 heterocycles. The lowest BCUT2D eigenvalue weighted by Crippen LogP contribution is -2.52. The van der Waals surface area contributed by atoms with Crippen LogP contribution >= 0.6 is 11.6 Å². The van der Waals surface area contributed by atoms with Crippen LogP contribution in [0.25, 0.3) is 0 Å². The van der Waals surface area contributed by atoms with Crippen LogP contribution in [0.2, 0.25) is 5.02 Å². The summed E-state index contributed by atoms with van der Waals surface area (Å²) >= 11 is 6.19. The summed E-state index contributed by atoms with van der Waals surface area (Å²) in [6, 6.07) is 8.25. The van der Waals surface area contributed by atoms with E-state index in [1.807, 2.05) is 41.8 Å². The Bertz CT molecular complexity index is 497. The van der Waals surface area contributed by atoms with E-state index in [0.29, 0.717) is 0 Å². The number of urea groups is 1. The lowest BCUT2D eigenvalue weighted by Gasteiger charge is -2.37. The standard InChI is InChI=1S/C18H28ClN3O/c1-3-21(4-2)18(23)22-14-12-20(13-15-22)11-7-9-16-8-5-6-10-17(16)19/h5-6,8,10H,3-4,7,9,11-15H2,1-2H3. The van der Waals surface area contributed by atoms with Crippen molar-refractivity contribution in [1.82, 2.24) is 14.7 Å². The van der Waals surface area contributed by atoms with Gasteiger partial charge in [0.15, 0.2) is 0 Å². The summed E-state index contributed by atoms with van der Waals surface area (Å²) in [5.41, 5.74) is 1.23. The molecule has 1 aromatic rings. The molecular weight excluding hydrogens is 310 g/mol. The summed E-state index contributed by atoms with van der Waals surface area (Å²) in [7, 11) is 0. The molecular formula is C18H28ClN3O. The Morgan fingerprint density at radius 3 is 2.39 bits per heavy atom. The summed E-state index contributed by atoms with van der Waals surface area (Å²) < 4.78 is 0. The van der Waals surface area contributed by atoms with E-state index in [1.54, 1.807) is 0 Å². The van der Waals surface area contributed by atoms with E-state index in [4.69, 9.17) is 11.6 Å². The number of aryl methyl sites for hydroxylation is 1. The maximum absolute atomic E-state index is 12.3. The number of nitrogens with zero attached hydrogens (tertiary/aromatic N) is 3. The van der Waals surface area contributed by atoms with Crippen molar-refractivity contribution in [3.05, 3.63) is 34.9 Å². The third kappa shape index (κ3) is 5.11. The van der Waals surface area contributed by atoms with Crippen LogP contribution in [0.3, 0.4) is 0 Å². The molecule has 2 rings (SSSR count). The quantitative estimate of drug-likeness (QED) is 0.796. The maximum Gasteiger partial charge on any atom is 0.320 e. The van der Waals surface area contributed by atoms with Crippen LogP contribution in [0.4, 0.5) is 4.79 Å². The van der Waals surface area contributed by atoms with Crippen LogP contribution in [0, 0.1) is 0 Å². The average molecular weight is 338 g/mol. The van der Waals surface area contributed by atoms with E-state index in [1.165, 1.54) is 5.56 Å². The summed E-state index contributed by atoms with van der Waals surface area (Å²) in [6.07, 6.45) is 2.12. The Morgan fingerprint density at radius 2 is 1.78 bits per heavy atom. The number of carbonyl (C=O) groups is 1. The highest BCUT2D eigenvalue weighted by atomic mass is 35.5. The average Bonchev–Trinajstić information content (AvgIpc) is 2.58. The topological polar surface area (TPSA) is 26.8 Å². The summed E-state index contributed by atoms with van der Waals surface area (Å²) in [5, 5.41) is 0.863. The Hall–Kier alpha value is -1.26. The smallest absolute Gasteiger partial charge is 0.320 e. The van der Waals surface area contributed by atoms with Gasteiger partial charge in [-0.1, -0.05) is 29.8 Å². The third-order valence-corrected chi connectivity index (χ3v) is 4.92. The molecule has 1 saturated heterocycles. The highest BCUT2D eigenvalue weighted by Gasteiger charge is 2.23. The van der Waals surface area contributed by atoms with Gasteiger partial charge in [-0.25, -0.2) is 4.79 Å². The summed E-state index contributed by atoms with van der Waals surface area (Å²) in [5.74, 6) is 0. The molecule has 0 unspecified atom stereocenters. The molecule has 1 aromatic carbocycles. The molecule has 0 radical (unpaired) electrons. The van der Waals surface area contributed by atoms with Gasteiger partial charge in [-0.05, 0) is 44.9 Å². The predicted octanol–water partition coefficient (Wildman–Crippen LogP) is 3.35. The molecule has 128 valence electrons. The van der Waals surface area contributed by atoms with Crippen LogP contribution in [0.5, 0.6) is 0 Å². The Balaban J connectivity index is 1.71. The van der Waals surface area contributed by atoms with Crippen molar-refractivity contribution in [3.63, 3.8) is 0 Å². The van der Waals surface area contributed by atoms with Crippen molar-refractivity contribution in [1.29, 1.82) is 0 Å². The second-order valence-corrected chi connectivity index (χ2v) is 6.39. The molecule has 0 atom stereocenters. The van der Waals surface area contributed by atoms with Crippen molar-refractivity contribution in [3.8, 4) is 0 Å². The van der Waals surface area contributed by atoms with Gasteiger partial charge in [-0.3, -0.25) is 4.90 Å². The zero-order chi connectivity index (χ0) is 16.7. The fraction of sp³-hybridized carbons (Fsp3) is 0.611. The first kappa shape index (κ1) is 18.1. The molecule has 0 bridgehead atoms. The van der Waals surface area contributed by atoms with Crippen LogP contribution in [-0.2, 0) is 6.42 Å².